The van der Waals surface area contributed by atoms with Crippen LogP contribution in [0.25, 0.3) is 0 Å². The minimum absolute atomic E-state index is 0.00687. The summed E-state index contributed by atoms with van der Waals surface area (Å²) < 4.78 is 34.9. The Balaban J connectivity index is 1.77. The highest BCUT2D eigenvalue weighted by Crippen LogP contribution is 2.23. The van der Waals surface area contributed by atoms with Crippen LogP contribution in [0.5, 0.6) is 11.5 Å². The van der Waals surface area contributed by atoms with Gasteiger partial charge in [-0.2, -0.15) is 0 Å². The molecule has 0 aromatic heterocycles. The third kappa shape index (κ3) is 5.04. The molecule has 0 unspecified atom stereocenters. The van der Waals surface area contributed by atoms with Crippen molar-refractivity contribution in [2.75, 3.05) is 25.2 Å². The van der Waals surface area contributed by atoms with Crippen LogP contribution in [0.2, 0.25) is 0 Å². The van der Waals surface area contributed by atoms with Gasteiger partial charge in [-0.3, -0.25) is 4.79 Å². The lowest BCUT2D eigenvalue weighted by Crippen LogP contribution is -2.43. The number of nitrogens with zero attached hydrogens (tertiary/aromatic N) is 1. The van der Waals surface area contributed by atoms with Crippen molar-refractivity contribution in [1.82, 2.24) is 4.90 Å². The average Bonchev–Trinajstić information content (AvgIpc) is 3.05. The van der Waals surface area contributed by atoms with Gasteiger partial charge in [0.25, 0.3) is 5.91 Å². The maximum Gasteiger partial charge on any atom is 0.261 e. The zero-order valence-corrected chi connectivity index (χ0v) is 16.9. The van der Waals surface area contributed by atoms with E-state index in [4.69, 9.17) is 9.47 Å². The molecule has 1 fully saturated rings. The van der Waals surface area contributed by atoms with Gasteiger partial charge < -0.3 is 14.4 Å². The molecule has 1 aliphatic rings. The Morgan fingerprint density at radius 3 is 2.64 bits per heavy atom. The van der Waals surface area contributed by atoms with E-state index in [1.165, 1.54) is 0 Å². The van der Waals surface area contributed by atoms with Crippen molar-refractivity contribution in [1.29, 1.82) is 0 Å². The lowest BCUT2D eigenvalue weighted by atomic mass is 10.1. The summed E-state index contributed by atoms with van der Waals surface area (Å²) in [6.07, 6.45) is 0.447. The van der Waals surface area contributed by atoms with Crippen LogP contribution in [0.1, 0.15) is 17.5 Å². The monoisotopic (exact) mass is 403 g/mol. The molecule has 3 rings (SSSR count). The molecule has 2 aromatic carbocycles. The van der Waals surface area contributed by atoms with Gasteiger partial charge in [0.15, 0.2) is 16.4 Å². The highest BCUT2D eigenvalue weighted by molar-refractivity contribution is 7.91. The third-order valence-corrected chi connectivity index (χ3v) is 6.65. The maximum absolute atomic E-state index is 13.0. The Morgan fingerprint density at radius 1 is 1.18 bits per heavy atom. The van der Waals surface area contributed by atoms with Crippen molar-refractivity contribution >= 4 is 15.7 Å². The number of ether oxygens (including phenoxy) is 2. The molecule has 1 heterocycles. The fraction of sp³-hybridized carbons (Fsp3) is 0.381. The summed E-state index contributed by atoms with van der Waals surface area (Å²) in [5.74, 6) is 1.22. The van der Waals surface area contributed by atoms with Crippen molar-refractivity contribution in [3.05, 3.63) is 59.7 Å². The van der Waals surface area contributed by atoms with Gasteiger partial charge in [-0.15, -0.1) is 0 Å². The summed E-state index contributed by atoms with van der Waals surface area (Å²) in [6, 6.07) is 14.6. The molecule has 0 spiro atoms. The van der Waals surface area contributed by atoms with Crippen LogP contribution in [-0.2, 0) is 21.2 Å². The predicted molar refractivity (Wildman–Crippen MR) is 107 cm³/mol. The van der Waals surface area contributed by atoms with E-state index in [-0.39, 0.29) is 30.1 Å². The van der Waals surface area contributed by atoms with E-state index in [0.29, 0.717) is 24.5 Å². The molecule has 1 saturated heterocycles. The van der Waals surface area contributed by atoms with Crippen LogP contribution in [0.4, 0.5) is 0 Å². The number of rotatable bonds is 7. The SMILES string of the molecule is COc1cccc(CN(C(=O)COc2ccccc2C)[C@@H]2CCS(=O)(=O)C2)c1. The van der Waals surface area contributed by atoms with E-state index in [1.54, 1.807) is 12.0 Å². The summed E-state index contributed by atoms with van der Waals surface area (Å²) in [4.78, 5) is 14.6. The Morgan fingerprint density at radius 2 is 1.96 bits per heavy atom. The molecule has 7 heteroatoms. The van der Waals surface area contributed by atoms with E-state index >= 15 is 0 Å². The van der Waals surface area contributed by atoms with Gasteiger partial charge in [0.05, 0.1) is 18.6 Å². The number of amides is 1. The van der Waals surface area contributed by atoms with Crippen LogP contribution >= 0.6 is 0 Å². The predicted octanol–water partition coefficient (Wildman–Crippen LogP) is 2.60. The Hall–Kier alpha value is -2.54. The second-order valence-electron chi connectivity index (χ2n) is 6.98. The fourth-order valence-electron chi connectivity index (χ4n) is 3.35. The number of methoxy groups -OCH3 is 1. The molecule has 1 atom stereocenters. The first-order valence-electron chi connectivity index (χ1n) is 9.19. The van der Waals surface area contributed by atoms with E-state index < -0.39 is 9.84 Å². The lowest BCUT2D eigenvalue weighted by Gasteiger charge is -2.28. The van der Waals surface area contributed by atoms with Crippen molar-refractivity contribution in [3.63, 3.8) is 0 Å². The normalized spacial score (nSPS) is 17.9. The number of hydrogen-bond donors (Lipinski definition) is 0. The summed E-state index contributed by atoms with van der Waals surface area (Å²) in [5, 5.41) is 0. The van der Waals surface area contributed by atoms with E-state index in [9.17, 15) is 13.2 Å². The zero-order valence-electron chi connectivity index (χ0n) is 16.1. The topological polar surface area (TPSA) is 72.9 Å². The average molecular weight is 404 g/mol. The number of benzene rings is 2. The van der Waals surface area contributed by atoms with Crippen molar-refractivity contribution in [3.8, 4) is 11.5 Å². The first-order chi connectivity index (χ1) is 13.4. The van der Waals surface area contributed by atoms with Crippen LogP contribution in [0, 0.1) is 6.92 Å². The molecule has 2 aromatic rings. The Kier molecular flexibility index (Phi) is 6.24. The summed E-state index contributed by atoms with van der Waals surface area (Å²) >= 11 is 0. The number of para-hydroxylation sites is 1. The van der Waals surface area contributed by atoms with Gasteiger partial charge in [0.2, 0.25) is 0 Å². The summed E-state index contributed by atoms with van der Waals surface area (Å²) in [5.41, 5.74) is 1.82. The van der Waals surface area contributed by atoms with E-state index in [2.05, 4.69) is 0 Å². The van der Waals surface area contributed by atoms with Crippen LogP contribution in [0.15, 0.2) is 48.5 Å². The minimum atomic E-state index is -3.11. The third-order valence-electron chi connectivity index (χ3n) is 4.90. The van der Waals surface area contributed by atoms with Crippen molar-refractivity contribution in [2.24, 2.45) is 0 Å². The number of carbonyl (C=O) groups excluding carboxylic acids is 1. The molecule has 6 nitrogen and oxygen atoms in total. The smallest absolute Gasteiger partial charge is 0.261 e. The van der Waals surface area contributed by atoms with Gasteiger partial charge in [0, 0.05) is 12.6 Å². The molecule has 0 bridgehead atoms. The number of aryl methyl sites for hydroxylation is 1. The molecular weight excluding hydrogens is 378 g/mol. The second kappa shape index (κ2) is 8.65. The largest absolute Gasteiger partial charge is 0.497 e. The minimum Gasteiger partial charge on any atom is -0.497 e. The van der Waals surface area contributed by atoms with Gasteiger partial charge in [0.1, 0.15) is 11.5 Å². The molecular formula is C21H25NO5S. The molecule has 1 amide bonds. The zero-order chi connectivity index (χ0) is 20.1. The van der Waals surface area contributed by atoms with E-state index in [1.807, 2.05) is 55.5 Å². The van der Waals surface area contributed by atoms with Gasteiger partial charge >= 0.3 is 0 Å². The van der Waals surface area contributed by atoms with Gasteiger partial charge in [-0.05, 0) is 42.7 Å². The molecule has 0 saturated carbocycles. The highest BCUT2D eigenvalue weighted by Gasteiger charge is 2.34. The van der Waals surface area contributed by atoms with Crippen molar-refractivity contribution in [2.45, 2.75) is 25.9 Å². The second-order valence-corrected chi connectivity index (χ2v) is 9.21. The molecule has 0 aliphatic carbocycles. The summed E-state index contributed by atoms with van der Waals surface area (Å²) in [7, 11) is -1.53. The van der Waals surface area contributed by atoms with Gasteiger partial charge in [-0.1, -0.05) is 30.3 Å². The first kappa shape index (κ1) is 20.2. The maximum atomic E-state index is 13.0. The number of sulfone groups is 1. The van der Waals surface area contributed by atoms with E-state index in [0.717, 1.165) is 11.1 Å². The molecule has 1 aliphatic heterocycles. The number of carbonyl (C=O) groups is 1. The fourth-order valence-corrected chi connectivity index (χ4v) is 5.08. The summed E-state index contributed by atoms with van der Waals surface area (Å²) in [6.45, 7) is 2.09. The standard InChI is InChI=1S/C21H25NO5S/c1-16-6-3-4-9-20(16)27-14-21(23)22(18-10-11-28(24,25)15-18)13-17-7-5-8-19(12-17)26-2/h3-9,12,18H,10-11,13-15H2,1-2H3/t18-/m1/s1. The molecule has 28 heavy (non-hydrogen) atoms. The Bertz CT molecular complexity index is 941. The lowest BCUT2D eigenvalue weighted by molar-refractivity contribution is -0.136. The molecule has 0 radical (unpaired) electrons. The van der Waals surface area contributed by atoms with Gasteiger partial charge in [-0.25, -0.2) is 8.42 Å². The first-order valence-corrected chi connectivity index (χ1v) is 11.0. The number of hydrogen-bond acceptors (Lipinski definition) is 5. The molecule has 0 N–H and O–H groups in total. The van der Waals surface area contributed by atoms with Crippen molar-refractivity contribution < 1.29 is 22.7 Å². The quantitative estimate of drug-likeness (QED) is 0.711. The Labute approximate surface area is 166 Å². The highest BCUT2D eigenvalue weighted by atomic mass is 32.2. The van der Waals surface area contributed by atoms with Crippen LogP contribution in [-0.4, -0.2) is 50.5 Å². The van der Waals surface area contributed by atoms with Crippen LogP contribution < -0.4 is 9.47 Å². The molecule has 150 valence electrons. The van der Waals surface area contributed by atoms with Crippen LogP contribution in [0.3, 0.4) is 0 Å².